The first-order valence-electron chi connectivity index (χ1n) is 6.56. The number of cyclic esters (lactones) is 1. The monoisotopic (exact) mass is 312 g/mol. The van der Waals surface area contributed by atoms with Crippen molar-refractivity contribution >= 4 is 23.6 Å². The zero-order chi connectivity index (χ0) is 16.4. The highest BCUT2D eigenvalue weighted by Crippen LogP contribution is 2.20. The van der Waals surface area contributed by atoms with E-state index in [1.807, 2.05) is 0 Å². The summed E-state index contributed by atoms with van der Waals surface area (Å²) in [6.07, 6.45) is 1.47. The number of rotatable bonds is 3. The summed E-state index contributed by atoms with van der Waals surface area (Å²) < 4.78 is 17.9. The Hall–Kier alpha value is -3.35. The van der Waals surface area contributed by atoms with Crippen LogP contribution in [0.5, 0.6) is 0 Å². The Bertz CT molecular complexity index is 839. The van der Waals surface area contributed by atoms with Crippen LogP contribution in [0, 0.1) is 15.9 Å². The van der Waals surface area contributed by atoms with Gasteiger partial charge in [0.2, 0.25) is 5.90 Å². The lowest BCUT2D eigenvalue weighted by atomic mass is 10.2. The first-order valence-corrected chi connectivity index (χ1v) is 6.56. The molecule has 114 valence electrons. The Morgan fingerprint density at radius 3 is 2.35 bits per heavy atom. The minimum atomic E-state index is -0.636. The van der Waals surface area contributed by atoms with Crippen molar-refractivity contribution in [1.29, 1.82) is 0 Å². The SMILES string of the molecule is O=C1OC(c2ccc([N+](=O)[O-])cc2)=N/C1=C\c1ccc(F)cc1. The predicted molar refractivity (Wildman–Crippen MR) is 80.1 cm³/mol. The van der Waals surface area contributed by atoms with Crippen LogP contribution in [0.2, 0.25) is 0 Å². The number of carbonyl (C=O) groups is 1. The number of hydrogen-bond acceptors (Lipinski definition) is 5. The average molecular weight is 312 g/mol. The molecular weight excluding hydrogens is 303 g/mol. The quantitative estimate of drug-likeness (QED) is 0.377. The van der Waals surface area contributed by atoms with Crippen molar-refractivity contribution in [3.05, 3.63) is 81.3 Å². The van der Waals surface area contributed by atoms with E-state index in [0.717, 1.165) is 0 Å². The van der Waals surface area contributed by atoms with Gasteiger partial charge >= 0.3 is 5.97 Å². The van der Waals surface area contributed by atoms with Gasteiger partial charge in [0.25, 0.3) is 5.69 Å². The topological polar surface area (TPSA) is 81.8 Å². The van der Waals surface area contributed by atoms with Crippen molar-refractivity contribution in [3.63, 3.8) is 0 Å². The molecule has 0 amide bonds. The van der Waals surface area contributed by atoms with Gasteiger partial charge in [-0.1, -0.05) is 12.1 Å². The average Bonchev–Trinajstić information content (AvgIpc) is 2.91. The second-order valence-electron chi connectivity index (χ2n) is 4.69. The molecule has 0 fully saturated rings. The molecular formula is C16H9FN2O4. The van der Waals surface area contributed by atoms with E-state index in [1.54, 1.807) is 0 Å². The highest BCUT2D eigenvalue weighted by molar-refractivity contribution is 6.12. The minimum absolute atomic E-state index is 0.0678. The summed E-state index contributed by atoms with van der Waals surface area (Å²) >= 11 is 0. The summed E-state index contributed by atoms with van der Waals surface area (Å²) in [5.41, 5.74) is 1.06. The fraction of sp³-hybridized carbons (Fsp3) is 0. The van der Waals surface area contributed by atoms with Crippen LogP contribution in [0.4, 0.5) is 10.1 Å². The van der Waals surface area contributed by atoms with Crippen LogP contribution in [0.25, 0.3) is 6.08 Å². The molecule has 2 aromatic carbocycles. The lowest BCUT2D eigenvalue weighted by Crippen LogP contribution is -2.05. The van der Waals surface area contributed by atoms with E-state index >= 15 is 0 Å². The Balaban J connectivity index is 1.88. The number of nitrogens with zero attached hydrogens (tertiary/aromatic N) is 2. The van der Waals surface area contributed by atoms with E-state index < -0.39 is 10.9 Å². The molecule has 0 saturated heterocycles. The fourth-order valence-corrected chi connectivity index (χ4v) is 1.98. The number of aliphatic imine (C=N–C) groups is 1. The number of non-ortho nitro benzene ring substituents is 1. The van der Waals surface area contributed by atoms with E-state index in [2.05, 4.69) is 4.99 Å². The smallest absolute Gasteiger partial charge is 0.363 e. The third-order valence-corrected chi connectivity index (χ3v) is 3.12. The number of carbonyl (C=O) groups excluding carboxylic acids is 1. The van der Waals surface area contributed by atoms with Crippen LogP contribution < -0.4 is 0 Å². The van der Waals surface area contributed by atoms with Gasteiger partial charge < -0.3 is 4.74 Å². The van der Waals surface area contributed by atoms with Crippen molar-refractivity contribution < 1.29 is 18.8 Å². The van der Waals surface area contributed by atoms with Crippen molar-refractivity contribution in [1.82, 2.24) is 0 Å². The number of benzene rings is 2. The van der Waals surface area contributed by atoms with Crippen LogP contribution in [-0.2, 0) is 9.53 Å². The summed E-state index contributed by atoms with van der Waals surface area (Å²) in [6, 6.07) is 11.1. The summed E-state index contributed by atoms with van der Waals surface area (Å²) in [5.74, 6) is -0.947. The molecule has 0 radical (unpaired) electrons. The predicted octanol–water partition coefficient (Wildman–Crippen LogP) is 3.08. The largest absolute Gasteiger partial charge is 0.402 e. The summed E-state index contributed by atoms with van der Waals surface area (Å²) in [6.45, 7) is 0. The van der Waals surface area contributed by atoms with E-state index in [4.69, 9.17) is 4.74 Å². The second-order valence-corrected chi connectivity index (χ2v) is 4.69. The number of nitro groups is 1. The Morgan fingerprint density at radius 1 is 1.09 bits per heavy atom. The molecule has 1 heterocycles. The lowest BCUT2D eigenvalue weighted by Gasteiger charge is -1.98. The molecule has 0 saturated carbocycles. The van der Waals surface area contributed by atoms with Crippen LogP contribution >= 0.6 is 0 Å². The molecule has 6 nitrogen and oxygen atoms in total. The molecule has 0 spiro atoms. The molecule has 2 aromatic rings. The Labute approximate surface area is 129 Å². The highest BCUT2D eigenvalue weighted by Gasteiger charge is 2.24. The van der Waals surface area contributed by atoms with Gasteiger partial charge in [0, 0.05) is 17.7 Å². The van der Waals surface area contributed by atoms with Crippen LogP contribution in [0.3, 0.4) is 0 Å². The van der Waals surface area contributed by atoms with E-state index in [-0.39, 0.29) is 23.1 Å². The van der Waals surface area contributed by atoms with Crippen LogP contribution in [0.1, 0.15) is 11.1 Å². The van der Waals surface area contributed by atoms with Crippen LogP contribution in [-0.4, -0.2) is 16.8 Å². The maximum absolute atomic E-state index is 12.9. The molecule has 0 aliphatic carbocycles. The summed E-state index contributed by atoms with van der Waals surface area (Å²) in [7, 11) is 0. The van der Waals surface area contributed by atoms with Gasteiger partial charge in [0.05, 0.1) is 4.92 Å². The fourth-order valence-electron chi connectivity index (χ4n) is 1.98. The molecule has 0 unspecified atom stereocenters. The van der Waals surface area contributed by atoms with E-state index in [1.165, 1.54) is 54.6 Å². The van der Waals surface area contributed by atoms with E-state index in [9.17, 15) is 19.3 Å². The Kier molecular flexibility index (Phi) is 3.68. The second kappa shape index (κ2) is 5.80. The number of ether oxygens (including phenoxy) is 1. The Morgan fingerprint density at radius 2 is 1.74 bits per heavy atom. The number of esters is 1. The molecule has 0 bridgehead atoms. The molecule has 3 rings (SSSR count). The van der Waals surface area contributed by atoms with Gasteiger partial charge in [-0.15, -0.1) is 0 Å². The summed E-state index contributed by atoms with van der Waals surface area (Å²) in [4.78, 5) is 26.0. The lowest BCUT2D eigenvalue weighted by molar-refractivity contribution is -0.384. The zero-order valence-corrected chi connectivity index (χ0v) is 11.6. The van der Waals surface area contributed by atoms with Crippen molar-refractivity contribution in [2.45, 2.75) is 0 Å². The third kappa shape index (κ3) is 3.13. The first kappa shape index (κ1) is 14.6. The van der Waals surface area contributed by atoms with Gasteiger partial charge in [-0.2, -0.15) is 0 Å². The number of halogens is 1. The van der Waals surface area contributed by atoms with Gasteiger partial charge in [-0.05, 0) is 35.9 Å². The van der Waals surface area contributed by atoms with Gasteiger partial charge in [0.15, 0.2) is 5.70 Å². The molecule has 0 N–H and O–H groups in total. The molecule has 0 atom stereocenters. The standard InChI is InChI=1S/C16H9FN2O4/c17-12-5-1-10(2-6-12)9-14-16(20)23-15(18-14)11-3-7-13(8-4-11)19(21)22/h1-9H/b14-9-. The summed E-state index contributed by atoms with van der Waals surface area (Å²) in [5, 5.41) is 10.6. The zero-order valence-electron chi connectivity index (χ0n) is 11.6. The molecule has 0 aromatic heterocycles. The number of hydrogen-bond donors (Lipinski definition) is 0. The van der Waals surface area contributed by atoms with Crippen molar-refractivity contribution in [3.8, 4) is 0 Å². The maximum Gasteiger partial charge on any atom is 0.363 e. The third-order valence-electron chi connectivity index (χ3n) is 3.12. The van der Waals surface area contributed by atoms with Gasteiger partial charge in [-0.3, -0.25) is 10.1 Å². The molecule has 1 aliphatic heterocycles. The molecule has 1 aliphatic rings. The van der Waals surface area contributed by atoms with Crippen molar-refractivity contribution in [2.75, 3.05) is 0 Å². The maximum atomic E-state index is 12.9. The van der Waals surface area contributed by atoms with E-state index in [0.29, 0.717) is 11.1 Å². The van der Waals surface area contributed by atoms with Crippen LogP contribution in [0.15, 0.2) is 59.2 Å². The van der Waals surface area contributed by atoms with Crippen molar-refractivity contribution in [2.24, 2.45) is 4.99 Å². The number of nitro benzene ring substituents is 1. The normalized spacial score (nSPS) is 15.4. The molecule has 23 heavy (non-hydrogen) atoms. The minimum Gasteiger partial charge on any atom is -0.402 e. The molecule has 7 heteroatoms. The van der Waals surface area contributed by atoms with Gasteiger partial charge in [0.1, 0.15) is 5.82 Å². The first-order chi connectivity index (χ1) is 11.0. The van der Waals surface area contributed by atoms with Gasteiger partial charge in [-0.25, -0.2) is 14.2 Å². The highest BCUT2D eigenvalue weighted by atomic mass is 19.1.